The minimum atomic E-state index is -6.45. The van der Waals surface area contributed by atoms with Crippen LogP contribution in [-0.4, -0.2) is 54.3 Å². The Bertz CT molecular complexity index is 472. The number of carbonyl (C=O) groups excluding carboxylic acids is 1. The molecule has 0 amide bonds. The fourth-order valence-corrected chi connectivity index (χ4v) is 1.14. The molecule has 0 aliphatic carbocycles. The van der Waals surface area contributed by atoms with Crippen molar-refractivity contribution in [2.24, 2.45) is 0 Å². The van der Waals surface area contributed by atoms with Gasteiger partial charge in [0.05, 0.1) is 0 Å². The highest BCUT2D eigenvalue weighted by Crippen LogP contribution is 2.52. The number of alkyl halides is 8. The second kappa shape index (κ2) is 7.21. The first kappa shape index (κ1) is 22.6. The smallest absolute Gasteiger partial charge is 0.380 e. The number of esters is 1. The van der Waals surface area contributed by atoms with Gasteiger partial charge in [-0.25, -0.2) is 4.79 Å². The highest BCUT2D eigenvalue weighted by atomic mass is 19.4. The molecule has 0 bridgehead atoms. The number of rotatable bonds is 9. The molecule has 142 valence electrons. The van der Waals surface area contributed by atoms with E-state index in [1.807, 2.05) is 0 Å². The lowest BCUT2D eigenvalue weighted by Gasteiger charge is -2.35. The van der Waals surface area contributed by atoms with Crippen molar-refractivity contribution < 1.29 is 54.5 Å². The van der Waals surface area contributed by atoms with E-state index < -0.39 is 56.1 Å². The monoisotopic (exact) mass is 374 g/mol. The van der Waals surface area contributed by atoms with Crippen LogP contribution in [0.4, 0.5) is 35.1 Å². The van der Waals surface area contributed by atoms with Crippen LogP contribution in [0.1, 0.15) is 13.8 Å². The minimum absolute atomic E-state index is 0.198. The molecule has 4 nitrogen and oxygen atoms in total. The van der Waals surface area contributed by atoms with Crippen molar-refractivity contribution in [1.29, 1.82) is 0 Å². The second-order valence-corrected chi connectivity index (χ2v) is 4.90. The average molecular weight is 374 g/mol. The lowest BCUT2D eigenvalue weighted by Crippen LogP contribution is -2.62. The maximum absolute atomic E-state index is 13.2. The Balaban J connectivity index is 4.86. The van der Waals surface area contributed by atoms with E-state index >= 15 is 0 Å². The van der Waals surface area contributed by atoms with Gasteiger partial charge in [0, 0.05) is 12.5 Å². The third-order valence-electron chi connectivity index (χ3n) is 2.54. The maximum Gasteiger partial charge on any atom is 0.380 e. The van der Waals surface area contributed by atoms with E-state index in [1.165, 1.54) is 0 Å². The Morgan fingerprint density at radius 2 is 1.54 bits per heavy atom. The summed E-state index contributed by atoms with van der Waals surface area (Å²) in [5.41, 5.74) is -0.198. The Labute approximate surface area is 131 Å². The molecule has 1 atom stereocenters. The predicted octanol–water partition coefficient (Wildman–Crippen LogP) is 3.00. The molecule has 0 aliphatic heterocycles. The molecule has 0 radical (unpaired) electrons. The van der Waals surface area contributed by atoms with Crippen molar-refractivity contribution >= 4 is 5.97 Å². The number of halogens is 8. The van der Waals surface area contributed by atoms with E-state index in [0.717, 1.165) is 6.92 Å². The topological polar surface area (TPSA) is 55.8 Å². The highest BCUT2D eigenvalue weighted by molar-refractivity contribution is 5.86. The van der Waals surface area contributed by atoms with Crippen LogP contribution < -0.4 is 0 Å². The fourth-order valence-electron chi connectivity index (χ4n) is 1.14. The number of hydrogen-bond donors (Lipinski definition) is 1. The fraction of sp³-hybridized carbons (Fsp3) is 0.750. The molecule has 1 unspecified atom stereocenters. The molecule has 0 saturated heterocycles. The van der Waals surface area contributed by atoms with Crippen molar-refractivity contribution in [2.45, 2.75) is 43.8 Å². The van der Waals surface area contributed by atoms with Gasteiger partial charge < -0.3 is 14.6 Å². The largest absolute Gasteiger partial charge is 0.430 e. The number of hydrogen-bond acceptors (Lipinski definition) is 4. The van der Waals surface area contributed by atoms with Crippen LogP contribution in [-0.2, 0) is 14.3 Å². The van der Waals surface area contributed by atoms with Gasteiger partial charge in [-0.1, -0.05) is 6.58 Å². The molecule has 0 saturated carbocycles. The summed E-state index contributed by atoms with van der Waals surface area (Å²) >= 11 is 0. The number of aliphatic hydroxyl groups is 1. The quantitative estimate of drug-likeness (QED) is 0.292. The molecule has 0 aliphatic rings. The standard InChI is InChI=1S/C12H14F8O4/c1-6(2)8(22)24-7(21)4-23-5-10(15,16)12(19,20)11(17,18)9(3,13)14/h7,21H,1,4-5H2,2-3H3. The molecule has 0 rings (SSSR count). The van der Waals surface area contributed by atoms with Crippen LogP contribution in [0.2, 0.25) is 0 Å². The van der Waals surface area contributed by atoms with Crippen molar-refractivity contribution in [1.82, 2.24) is 0 Å². The summed E-state index contributed by atoms with van der Waals surface area (Å²) in [7, 11) is 0. The summed E-state index contributed by atoms with van der Waals surface area (Å²) in [6.07, 6.45) is -2.19. The van der Waals surface area contributed by atoms with E-state index in [0.29, 0.717) is 0 Å². The van der Waals surface area contributed by atoms with E-state index in [-0.39, 0.29) is 5.57 Å². The molecule has 0 heterocycles. The third-order valence-corrected chi connectivity index (χ3v) is 2.54. The first-order chi connectivity index (χ1) is 10.5. The summed E-state index contributed by atoms with van der Waals surface area (Å²) in [5, 5.41) is 9.05. The Morgan fingerprint density at radius 1 is 1.08 bits per heavy atom. The summed E-state index contributed by atoms with van der Waals surface area (Å²) in [6, 6.07) is 0. The van der Waals surface area contributed by atoms with Crippen molar-refractivity contribution in [3.05, 3.63) is 12.2 Å². The van der Waals surface area contributed by atoms with Gasteiger partial charge in [-0.2, -0.15) is 35.1 Å². The minimum Gasteiger partial charge on any atom is -0.430 e. The SMILES string of the molecule is C=C(C)C(=O)OC(O)COCC(F)(F)C(F)(F)C(F)(F)C(C)(F)F. The van der Waals surface area contributed by atoms with Gasteiger partial charge in [0.2, 0.25) is 6.29 Å². The molecule has 12 heteroatoms. The predicted molar refractivity (Wildman–Crippen MR) is 63.2 cm³/mol. The van der Waals surface area contributed by atoms with Crippen molar-refractivity contribution in [3.63, 3.8) is 0 Å². The van der Waals surface area contributed by atoms with Crippen LogP contribution >= 0.6 is 0 Å². The lowest BCUT2D eigenvalue weighted by molar-refractivity contribution is -0.368. The van der Waals surface area contributed by atoms with Crippen molar-refractivity contribution in [2.75, 3.05) is 13.2 Å². The average Bonchev–Trinajstić information content (AvgIpc) is 2.36. The van der Waals surface area contributed by atoms with Gasteiger partial charge in [-0.15, -0.1) is 0 Å². The summed E-state index contributed by atoms with van der Waals surface area (Å²) in [5.74, 6) is -25.1. The molecule has 0 fully saturated rings. The molecular formula is C12H14F8O4. The van der Waals surface area contributed by atoms with Gasteiger partial charge in [0.15, 0.2) is 0 Å². The Hall–Kier alpha value is -1.43. The second-order valence-electron chi connectivity index (χ2n) is 4.90. The molecule has 0 aromatic heterocycles. The third kappa shape index (κ3) is 4.79. The first-order valence-corrected chi connectivity index (χ1v) is 6.11. The molecule has 0 aromatic carbocycles. The molecular weight excluding hydrogens is 360 g/mol. The zero-order valence-electron chi connectivity index (χ0n) is 12.4. The van der Waals surface area contributed by atoms with E-state index in [4.69, 9.17) is 5.11 Å². The van der Waals surface area contributed by atoms with Crippen LogP contribution in [0.15, 0.2) is 12.2 Å². The molecule has 0 spiro atoms. The highest BCUT2D eigenvalue weighted by Gasteiger charge is 2.79. The van der Waals surface area contributed by atoms with Crippen LogP contribution in [0, 0.1) is 0 Å². The first-order valence-electron chi connectivity index (χ1n) is 6.11. The molecule has 1 N–H and O–H groups in total. The van der Waals surface area contributed by atoms with Gasteiger partial charge in [-0.3, -0.25) is 0 Å². The summed E-state index contributed by atoms with van der Waals surface area (Å²) in [4.78, 5) is 10.9. The number of carbonyl (C=O) groups is 1. The number of aliphatic hydroxyl groups excluding tert-OH is 1. The molecule has 0 aromatic rings. The van der Waals surface area contributed by atoms with E-state index in [9.17, 15) is 39.9 Å². The van der Waals surface area contributed by atoms with Gasteiger partial charge in [0.25, 0.3) is 0 Å². The van der Waals surface area contributed by atoms with E-state index in [2.05, 4.69) is 16.1 Å². The van der Waals surface area contributed by atoms with Crippen LogP contribution in [0.25, 0.3) is 0 Å². The normalized spacial score (nSPS) is 15.1. The van der Waals surface area contributed by atoms with Crippen LogP contribution in [0.3, 0.4) is 0 Å². The van der Waals surface area contributed by atoms with Gasteiger partial charge in [-0.05, 0) is 6.92 Å². The lowest BCUT2D eigenvalue weighted by atomic mass is 10.0. The Morgan fingerprint density at radius 3 is 1.92 bits per heavy atom. The van der Waals surface area contributed by atoms with Gasteiger partial charge >= 0.3 is 29.7 Å². The summed E-state index contributed by atoms with van der Waals surface area (Å²) in [6.45, 7) is -0.0960. The van der Waals surface area contributed by atoms with Crippen LogP contribution in [0.5, 0.6) is 0 Å². The Kier molecular flexibility index (Phi) is 6.78. The maximum atomic E-state index is 13.2. The molecule has 24 heavy (non-hydrogen) atoms. The zero-order chi connectivity index (χ0) is 19.6. The zero-order valence-corrected chi connectivity index (χ0v) is 12.4. The van der Waals surface area contributed by atoms with E-state index in [1.54, 1.807) is 0 Å². The summed E-state index contributed by atoms with van der Waals surface area (Å²) < 4.78 is 111. The van der Waals surface area contributed by atoms with Gasteiger partial charge in [0.1, 0.15) is 13.2 Å². The van der Waals surface area contributed by atoms with Crippen molar-refractivity contribution in [3.8, 4) is 0 Å². The number of ether oxygens (including phenoxy) is 2.